The lowest BCUT2D eigenvalue weighted by molar-refractivity contribution is -0.129. The van der Waals surface area contributed by atoms with E-state index in [0.29, 0.717) is 13.0 Å². The number of carbonyl (C=O) groups is 1. The van der Waals surface area contributed by atoms with Crippen molar-refractivity contribution < 1.29 is 14.3 Å². The Morgan fingerprint density at radius 2 is 2.53 bits per heavy atom. The molecule has 0 bridgehead atoms. The summed E-state index contributed by atoms with van der Waals surface area (Å²) in [6.07, 6.45) is 4.47. The Balaban J connectivity index is 2.63. The van der Waals surface area contributed by atoms with Crippen molar-refractivity contribution in [3.05, 3.63) is 23.8 Å². The standard InChI is InChI=1S/C11H14FNO2/c1-2-3-9(12)6-8-4-5-13-10(7-8)11(14)15/h2-3,7,9H,4-6H2,1H3,(H,14,15). The van der Waals surface area contributed by atoms with Crippen molar-refractivity contribution >= 4 is 11.7 Å². The number of alkyl halides is 1. The molecule has 0 saturated heterocycles. The van der Waals surface area contributed by atoms with Gasteiger partial charge in [0.15, 0.2) is 0 Å². The van der Waals surface area contributed by atoms with Crippen LogP contribution in [0.2, 0.25) is 0 Å². The van der Waals surface area contributed by atoms with Crippen LogP contribution in [0.3, 0.4) is 0 Å². The van der Waals surface area contributed by atoms with Gasteiger partial charge in [0.2, 0.25) is 0 Å². The summed E-state index contributed by atoms with van der Waals surface area (Å²) >= 11 is 0. The highest BCUT2D eigenvalue weighted by Gasteiger charge is 2.14. The fraction of sp³-hybridized carbons (Fsp3) is 0.455. The van der Waals surface area contributed by atoms with Crippen LogP contribution in [0.5, 0.6) is 0 Å². The quantitative estimate of drug-likeness (QED) is 0.724. The number of allylic oxidation sites excluding steroid dienone is 2. The van der Waals surface area contributed by atoms with Crippen LogP contribution in [0.25, 0.3) is 0 Å². The van der Waals surface area contributed by atoms with E-state index in [-0.39, 0.29) is 12.1 Å². The Morgan fingerprint density at radius 1 is 1.80 bits per heavy atom. The van der Waals surface area contributed by atoms with E-state index in [1.165, 1.54) is 12.2 Å². The van der Waals surface area contributed by atoms with Gasteiger partial charge in [-0.25, -0.2) is 9.18 Å². The largest absolute Gasteiger partial charge is 0.477 e. The zero-order valence-corrected chi connectivity index (χ0v) is 8.61. The summed E-state index contributed by atoms with van der Waals surface area (Å²) in [5, 5.41) is 8.71. The normalized spacial score (nSPS) is 18.5. The first-order valence-corrected chi connectivity index (χ1v) is 4.87. The number of rotatable bonds is 4. The molecule has 82 valence electrons. The van der Waals surface area contributed by atoms with Crippen molar-refractivity contribution in [2.75, 3.05) is 6.54 Å². The maximum Gasteiger partial charge on any atom is 0.354 e. The first-order valence-electron chi connectivity index (χ1n) is 4.87. The Kier molecular flexibility index (Phi) is 4.21. The second kappa shape index (κ2) is 5.44. The summed E-state index contributed by atoms with van der Waals surface area (Å²) in [6, 6.07) is 0. The Morgan fingerprint density at radius 3 is 3.13 bits per heavy atom. The first-order chi connectivity index (χ1) is 7.13. The van der Waals surface area contributed by atoms with Gasteiger partial charge >= 0.3 is 5.97 Å². The van der Waals surface area contributed by atoms with Crippen LogP contribution in [0.4, 0.5) is 4.39 Å². The van der Waals surface area contributed by atoms with Gasteiger partial charge in [-0.1, -0.05) is 17.7 Å². The van der Waals surface area contributed by atoms with E-state index in [1.807, 2.05) is 0 Å². The van der Waals surface area contributed by atoms with Gasteiger partial charge in [-0.15, -0.1) is 0 Å². The van der Waals surface area contributed by atoms with Gasteiger partial charge in [-0.2, -0.15) is 0 Å². The molecule has 15 heavy (non-hydrogen) atoms. The van der Waals surface area contributed by atoms with Gasteiger partial charge in [0.05, 0.1) is 0 Å². The maximum absolute atomic E-state index is 13.2. The molecule has 1 N–H and O–H groups in total. The summed E-state index contributed by atoms with van der Waals surface area (Å²) in [4.78, 5) is 14.5. The lowest BCUT2D eigenvalue weighted by Gasteiger charge is -2.12. The Labute approximate surface area is 88.0 Å². The second-order valence-corrected chi connectivity index (χ2v) is 3.37. The van der Waals surface area contributed by atoms with Crippen LogP contribution in [0.1, 0.15) is 19.8 Å². The molecular weight excluding hydrogens is 197 g/mol. The number of aliphatic imine (C=N–C) groups is 1. The molecule has 1 heterocycles. The molecule has 0 radical (unpaired) electrons. The monoisotopic (exact) mass is 211 g/mol. The highest BCUT2D eigenvalue weighted by atomic mass is 19.1. The van der Waals surface area contributed by atoms with E-state index in [0.717, 1.165) is 5.57 Å². The summed E-state index contributed by atoms with van der Waals surface area (Å²) in [5.41, 5.74) is 0.844. The number of carboxylic acid groups (broad SMARTS) is 1. The van der Waals surface area contributed by atoms with Crippen LogP contribution < -0.4 is 0 Å². The third-order valence-corrected chi connectivity index (χ3v) is 2.13. The first kappa shape index (κ1) is 11.6. The molecule has 0 aromatic rings. The summed E-state index contributed by atoms with van der Waals surface area (Å²) in [5.74, 6) is -1.05. The lowest BCUT2D eigenvalue weighted by atomic mass is 10.0. The number of carboxylic acids is 1. The maximum atomic E-state index is 13.2. The molecule has 0 amide bonds. The summed E-state index contributed by atoms with van der Waals surface area (Å²) in [6.45, 7) is 2.20. The number of nitrogens with zero attached hydrogens (tertiary/aromatic N) is 1. The van der Waals surface area contributed by atoms with Gasteiger partial charge < -0.3 is 5.11 Å². The fourth-order valence-electron chi connectivity index (χ4n) is 1.45. The SMILES string of the molecule is CC=CC(F)CC1=CC(C(=O)O)=NCC1. The van der Waals surface area contributed by atoms with E-state index in [4.69, 9.17) is 5.11 Å². The highest BCUT2D eigenvalue weighted by Crippen LogP contribution is 2.17. The van der Waals surface area contributed by atoms with Crippen LogP contribution in [0.15, 0.2) is 28.8 Å². The predicted octanol–water partition coefficient (Wildman–Crippen LogP) is 2.15. The predicted molar refractivity (Wildman–Crippen MR) is 57.0 cm³/mol. The Hall–Kier alpha value is -1.45. The molecule has 1 unspecified atom stereocenters. The lowest BCUT2D eigenvalue weighted by Crippen LogP contribution is -2.16. The number of hydrogen-bond acceptors (Lipinski definition) is 2. The van der Waals surface area contributed by atoms with Gasteiger partial charge in [0, 0.05) is 13.0 Å². The van der Waals surface area contributed by atoms with Crippen molar-refractivity contribution in [2.24, 2.45) is 4.99 Å². The minimum Gasteiger partial charge on any atom is -0.477 e. The molecule has 1 atom stereocenters. The van der Waals surface area contributed by atoms with E-state index in [1.54, 1.807) is 13.0 Å². The number of halogens is 1. The number of aliphatic carboxylic acids is 1. The van der Waals surface area contributed by atoms with E-state index < -0.39 is 12.1 Å². The van der Waals surface area contributed by atoms with Gasteiger partial charge in [-0.3, -0.25) is 4.99 Å². The molecule has 0 aromatic heterocycles. The van der Waals surface area contributed by atoms with Crippen molar-refractivity contribution in [1.82, 2.24) is 0 Å². The van der Waals surface area contributed by atoms with Crippen molar-refractivity contribution in [1.29, 1.82) is 0 Å². The van der Waals surface area contributed by atoms with Crippen molar-refractivity contribution in [3.63, 3.8) is 0 Å². The molecule has 0 aliphatic carbocycles. The van der Waals surface area contributed by atoms with Crippen molar-refractivity contribution in [3.8, 4) is 0 Å². The fourth-order valence-corrected chi connectivity index (χ4v) is 1.45. The van der Waals surface area contributed by atoms with Gasteiger partial charge in [-0.05, 0) is 19.4 Å². The minimum atomic E-state index is -1.05. The summed E-state index contributed by atoms with van der Waals surface area (Å²) < 4.78 is 13.2. The summed E-state index contributed by atoms with van der Waals surface area (Å²) in [7, 11) is 0. The third kappa shape index (κ3) is 3.65. The molecule has 1 rings (SSSR count). The van der Waals surface area contributed by atoms with E-state index >= 15 is 0 Å². The number of dihydropyridines is 1. The van der Waals surface area contributed by atoms with E-state index in [2.05, 4.69) is 4.99 Å². The minimum absolute atomic E-state index is 0.0314. The highest BCUT2D eigenvalue weighted by molar-refractivity contribution is 6.40. The topological polar surface area (TPSA) is 49.7 Å². The number of hydrogen-bond donors (Lipinski definition) is 1. The molecule has 1 aliphatic rings. The molecule has 1 aliphatic heterocycles. The average Bonchev–Trinajstić information content (AvgIpc) is 2.18. The van der Waals surface area contributed by atoms with Crippen LogP contribution >= 0.6 is 0 Å². The van der Waals surface area contributed by atoms with Crippen LogP contribution in [-0.2, 0) is 4.79 Å². The van der Waals surface area contributed by atoms with E-state index in [9.17, 15) is 9.18 Å². The molecule has 0 spiro atoms. The van der Waals surface area contributed by atoms with Gasteiger partial charge in [0.1, 0.15) is 11.9 Å². The smallest absolute Gasteiger partial charge is 0.354 e. The average molecular weight is 211 g/mol. The zero-order valence-electron chi connectivity index (χ0n) is 8.61. The zero-order chi connectivity index (χ0) is 11.3. The van der Waals surface area contributed by atoms with Crippen LogP contribution in [0, 0.1) is 0 Å². The third-order valence-electron chi connectivity index (χ3n) is 2.13. The second-order valence-electron chi connectivity index (χ2n) is 3.37. The van der Waals surface area contributed by atoms with Crippen molar-refractivity contribution in [2.45, 2.75) is 25.9 Å². The molecule has 4 heteroatoms. The molecule has 0 aromatic carbocycles. The molecule has 0 saturated carbocycles. The van der Waals surface area contributed by atoms with Gasteiger partial charge in [0.25, 0.3) is 0 Å². The molecular formula is C11H14FNO2. The molecule has 3 nitrogen and oxygen atoms in total. The Bertz CT molecular complexity index is 331. The van der Waals surface area contributed by atoms with Crippen LogP contribution in [-0.4, -0.2) is 29.5 Å². The molecule has 0 fully saturated rings.